The highest BCUT2D eigenvalue weighted by Gasteiger charge is 2.33. The van der Waals surface area contributed by atoms with Crippen LogP contribution in [0.5, 0.6) is 11.6 Å². The Hall–Kier alpha value is -3.48. The molecule has 2 N–H and O–H groups in total. The molecule has 2 aromatic heterocycles. The number of benzene rings is 1. The quantitative estimate of drug-likeness (QED) is 0.509. The molecule has 33 heavy (non-hydrogen) atoms. The van der Waals surface area contributed by atoms with Crippen LogP contribution < -0.4 is 15.0 Å². The highest BCUT2D eigenvalue weighted by atomic mass is 31.2. The summed E-state index contributed by atoms with van der Waals surface area (Å²) in [5.74, 6) is -0.414. The second-order valence-electron chi connectivity index (χ2n) is 6.84. The van der Waals surface area contributed by atoms with Crippen LogP contribution >= 0.6 is 7.60 Å². The van der Waals surface area contributed by atoms with Crippen LogP contribution in [0.1, 0.15) is 43.8 Å². The zero-order valence-corrected chi connectivity index (χ0v) is 19.8. The lowest BCUT2D eigenvalue weighted by molar-refractivity contribution is 0.214. The first-order chi connectivity index (χ1) is 15.7. The Morgan fingerprint density at radius 2 is 2.12 bits per heavy atom. The van der Waals surface area contributed by atoms with E-state index in [1.807, 2.05) is 13.8 Å². The average Bonchev–Trinajstić information content (AvgIpc) is 3.11. The topological polar surface area (TPSA) is 138 Å². The molecule has 0 fully saturated rings. The van der Waals surface area contributed by atoms with Gasteiger partial charge in [-0.15, -0.1) is 0 Å². The van der Waals surface area contributed by atoms with Crippen LogP contribution in [0.2, 0.25) is 0 Å². The van der Waals surface area contributed by atoms with E-state index >= 15 is 0 Å². The lowest BCUT2D eigenvalue weighted by atomic mass is 10.1. The van der Waals surface area contributed by atoms with Gasteiger partial charge in [-0.1, -0.05) is 13.8 Å². The van der Waals surface area contributed by atoms with Crippen molar-refractivity contribution in [3.8, 4) is 29.0 Å². The smallest absolute Gasteiger partial charge is 0.384 e. The van der Waals surface area contributed by atoms with Crippen molar-refractivity contribution in [3.05, 3.63) is 47.2 Å². The van der Waals surface area contributed by atoms with E-state index in [2.05, 4.69) is 21.1 Å². The van der Waals surface area contributed by atoms with Gasteiger partial charge in [-0.25, -0.2) is 18.9 Å². The normalized spacial score (nSPS) is 19.1. The number of rotatable bonds is 1. The molecule has 0 radical (unpaired) electrons. The van der Waals surface area contributed by atoms with E-state index in [0.29, 0.717) is 5.56 Å². The summed E-state index contributed by atoms with van der Waals surface area (Å²) < 4.78 is 45.6. The lowest BCUT2D eigenvalue weighted by Crippen LogP contribution is -2.11. The van der Waals surface area contributed by atoms with Crippen molar-refractivity contribution in [2.24, 2.45) is 7.05 Å². The van der Waals surface area contributed by atoms with Crippen LogP contribution in [0, 0.1) is 17.1 Å². The van der Waals surface area contributed by atoms with Gasteiger partial charge in [0.25, 0.3) is 5.88 Å². The van der Waals surface area contributed by atoms with E-state index in [1.165, 1.54) is 36.2 Å². The minimum Gasteiger partial charge on any atom is -0.467 e. The van der Waals surface area contributed by atoms with Gasteiger partial charge in [-0.3, -0.25) is 4.68 Å². The number of anilines is 1. The number of nitriles is 1. The van der Waals surface area contributed by atoms with Crippen LogP contribution in [0.3, 0.4) is 0 Å². The number of nitrogens with zero attached hydrogens (tertiary/aromatic N) is 5. The van der Waals surface area contributed by atoms with Crippen LogP contribution in [-0.2, 0) is 22.3 Å². The number of aryl methyl sites for hydroxylation is 1. The standard InChI is InChI=1S/C19H18FN6O4P.C2H6/c1-10-12-6-11(20)4-5-16(12)30-31(27,28-3)9-14-17(15(7-21)26(2)25-14)13-8-23-18(22)19(24-13)29-10;1-2/h4-6,8,10H,9H2,1-3H3,(H2,22,23);1-2H3. The van der Waals surface area contributed by atoms with Crippen molar-refractivity contribution in [1.82, 2.24) is 19.7 Å². The molecule has 0 spiro atoms. The first-order valence-corrected chi connectivity index (χ1v) is 11.9. The minimum absolute atomic E-state index is 0.00518. The fourth-order valence-corrected chi connectivity index (χ4v) is 4.62. The Morgan fingerprint density at radius 1 is 1.39 bits per heavy atom. The summed E-state index contributed by atoms with van der Waals surface area (Å²) in [6.45, 7) is 5.63. The SMILES string of the molecule is CC.COP1(=O)Cc2nn(C)c(C#N)c2-c2cnc(N)c(n2)OC(C)c2cc(F)ccc2O1. The van der Waals surface area contributed by atoms with E-state index in [9.17, 15) is 14.2 Å². The van der Waals surface area contributed by atoms with Crippen LogP contribution in [0.4, 0.5) is 10.2 Å². The molecule has 1 aliphatic heterocycles. The molecular weight excluding hydrogens is 450 g/mol. The number of nitrogens with two attached hydrogens (primary N) is 1. The van der Waals surface area contributed by atoms with Gasteiger partial charge in [0.1, 0.15) is 35.6 Å². The van der Waals surface area contributed by atoms with Gasteiger partial charge in [0.15, 0.2) is 5.82 Å². The molecule has 1 aromatic carbocycles. The monoisotopic (exact) mass is 474 g/mol. The number of ether oxygens (including phenoxy) is 1. The Balaban J connectivity index is 0.00000149. The molecule has 174 valence electrons. The van der Waals surface area contributed by atoms with Crippen molar-refractivity contribution >= 4 is 13.4 Å². The maximum Gasteiger partial charge on any atom is 0.384 e. The van der Waals surface area contributed by atoms with E-state index in [-0.39, 0.29) is 46.3 Å². The van der Waals surface area contributed by atoms with Gasteiger partial charge < -0.3 is 19.5 Å². The molecule has 12 heteroatoms. The minimum atomic E-state index is -3.82. The Kier molecular flexibility index (Phi) is 7.01. The number of halogens is 1. The van der Waals surface area contributed by atoms with Gasteiger partial charge >= 0.3 is 7.60 Å². The summed E-state index contributed by atoms with van der Waals surface area (Å²) in [5, 5.41) is 14.0. The number of aromatic nitrogens is 4. The molecule has 2 atom stereocenters. The first-order valence-electron chi connectivity index (χ1n) is 10.1. The maximum atomic E-state index is 14.0. The van der Waals surface area contributed by atoms with Gasteiger partial charge in [-0.05, 0) is 25.1 Å². The van der Waals surface area contributed by atoms with Gasteiger partial charge in [0.2, 0.25) is 0 Å². The number of fused-ring (bicyclic) bond motifs is 5. The molecule has 2 unspecified atom stereocenters. The van der Waals surface area contributed by atoms with E-state index in [0.717, 1.165) is 0 Å². The van der Waals surface area contributed by atoms with Gasteiger partial charge in [0.05, 0.1) is 23.1 Å². The zero-order valence-electron chi connectivity index (χ0n) is 18.9. The summed E-state index contributed by atoms with van der Waals surface area (Å²) in [6.07, 6.45) is 0.319. The second-order valence-corrected chi connectivity index (χ2v) is 8.92. The highest BCUT2D eigenvalue weighted by Crippen LogP contribution is 2.53. The largest absolute Gasteiger partial charge is 0.467 e. The third kappa shape index (κ3) is 4.67. The van der Waals surface area contributed by atoms with Crippen LogP contribution in [0.25, 0.3) is 11.3 Å². The van der Waals surface area contributed by atoms with Crippen molar-refractivity contribution in [2.45, 2.75) is 33.0 Å². The van der Waals surface area contributed by atoms with Gasteiger partial charge in [-0.2, -0.15) is 10.4 Å². The van der Waals surface area contributed by atoms with Crippen molar-refractivity contribution < 1.29 is 22.7 Å². The van der Waals surface area contributed by atoms with E-state index < -0.39 is 19.5 Å². The van der Waals surface area contributed by atoms with Crippen LogP contribution in [0.15, 0.2) is 24.4 Å². The molecule has 4 rings (SSSR count). The summed E-state index contributed by atoms with van der Waals surface area (Å²) in [7, 11) is -1.00. The molecule has 2 bridgehead atoms. The summed E-state index contributed by atoms with van der Waals surface area (Å²) >= 11 is 0. The fraction of sp³-hybridized carbons (Fsp3) is 0.333. The summed E-state index contributed by atoms with van der Waals surface area (Å²) in [5.41, 5.74) is 7.21. The second kappa shape index (κ2) is 9.57. The molecule has 3 heterocycles. The van der Waals surface area contributed by atoms with Crippen LogP contribution in [-0.4, -0.2) is 26.9 Å². The maximum absolute atomic E-state index is 14.0. The Morgan fingerprint density at radius 3 is 2.79 bits per heavy atom. The first kappa shape index (κ1) is 24.2. The number of hydrogen-bond donors (Lipinski definition) is 1. The number of nitrogen functional groups attached to an aromatic ring is 1. The lowest BCUT2D eigenvalue weighted by Gasteiger charge is -2.23. The molecule has 0 saturated carbocycles. The summed E-state index contributed by atoms with van der Waals surface area (Å²) in [4.78, 5) is 8.52. The third-order valence-electron chi connectivity index (χ3n) is 4.81. The third-order valence-corrected chi connectivity index (χ3v) is 6.52. The Bertz CT molecular complexity index is 1270. The molecule has 1 aliphatic rings. The predicted octanol–water partition coefficient (Wildman–Crippen LogP) is 4.37. The Labute approximate surface area is 190 Å². The molecule has 10 nitrogen and oxygen atoms in total. The van der Waals surface area contributed by atoms with E-state index in [4.69, 9.17) is 19.5 Å². The van der Waals surface area contributed by atoms with Crippen molar-refractivity contribution in [1.29, 1.82) is 5.26 Å². The number of hydrogen-bond acceptors (Lipinski definition) is 9. The predicted molar refractivity (Wildman–Crippen MR) is 119 cm³/mol. The highest BCUT2D eigenvalue weighted by molar-refractivity contribution is 7.53. The molecule has 0 saturated heterocycles. The molecule has 0 amide bonds. The molecular formula is C21H24FN6O4P. The molecule has 3 aromatic rings. The van der Waals surface area contributed by atoms with E-state index in [1.54, 1.807) is 14.0 Å². The van der Waals surface area contributed by atoms with Gasteiger partial charge in [0, 0.05) is 19.7 Å². The summed E-state index contributed by atoms with van der Waals surface area (Å²) in [6, 6.07) is 5.78. The van der Waals surface area contributed by atoms with Crippen molar-refractivity contribution in [2.75, 3.05) is 12.8 Å². The zero-order chi connectivity index (χ0) is 24.3. The average molecular weight is 474 g/mol. The fourth-order valence-electron chi connectivity index (χ4n) is 3.29. The molecule has 0 aliphatic carbocycles. The van der Waals surface area contributed by atoms with Crippen molar-refractivity contribution in [3.63, 3.8) is 0 Å².